The minimum atomic E-state index is -4.43. The number of carbonyl (C=O) groups is 1. The molecule has 0 N–H and O–H groups in total. The summed E-state index contributed by atoms with van der Waals surface area (Å²) in [6.45, 7) is 10.1. The molecule has 2 aliphatic rings. The standard InChI is InChI=1S/C29H29F3N6O2/c1-17-12-20(27-33-14-21-13-22(29(30,31)32)5-6-23(21)34-27)4-7-25(17)37-8-9-38-26(28(37)39)19(3)24(35-38)16-36-10-11-40-18(2)15-36/h4-7,12-14,18H,8-11,15-16H2,1-3H3/t18-/m1/s1. The van der Waals surface area contributed by atoms with Crippen molar-refractivity contribution in [1.82, 2.24) is 24.6 Å². The van der Waals surface area contributed by atoms with Gasteiger partial charge in [-0.05, 0) is 62.7 Å². The highest BCUT2D eigenvalue weighted by Gasteiger charge is 2.32. The Kier molecular flexibility index (Phi) is 6.58. The van der Waals surface area contributed by atoms with Crippen molar-refractivity contribution >= 4 is 22.5 Å². The molecule has 0 spiro atoms. The first kappa shape index (κ1) is 26.4. The van der Waals surface area contributed by atoms with Crippen LogP contribution in [0.25, 0.3) is 22.3 Å². The first-order chi connectivity index (χ1) is 19.1. The SMILES string of the molecule is Cc1cc(-c2ncc3cc(C(F)(F)F)ccc3n2)ccc1N1CCn2nc(CN3CCO[C@H](C)C3)c(C)c2C1=O. The van der Waals surface area contributed by atoms with E-state index in [1.807, 2.05) is 36.7 Å². The van der Waals surface area contributed by atoms with E-state index < -0.39 is 11.7 Å². The second-order valence-corrected chi connectivity index (χ2v) is 10.5. The third kappa shape index (κ3) is 4.84. The Hall–Kier alpha value is -3.83. The Morgan fingerprint density at radius 1 is 1.07 bits per heavy atom. The van der Waals surface area contributed by atoms with Crippen LogP contribution in [-0.4, -0.2) is 62.9 Å². The molecule has 11 heteroatoms. The number of morpholine rings is 1. The van der Waals surface area contributed by atoms with Gasteiger partial charge in [-0.1, -0.05) is 0 Å². The molecule has 4 heterocycles. The third-order valence-corrected chi connectivity index (χ3v) is 7.62. The highest BCUT2D eigenvalue weighted by atomic mass is 19.4. The Balaban J connectivity index is 1.24. The van der Waals surface area contributed by atoms with E-state index in [0.717, 1.165) is 53.3 Å². The molecule has 1 saturated heterocycles. The molecule has 0 aliphatic carbocycles. The molecule has 8 nitrogen and oxygen atoms in total. The number of ether oxygens (including phenoxy) is 1. The third-order valence-electron chi connectivity index (χ3n) is 7.62. The van der Waals surface area contributed by atoms with Crippen molar-refractivity contribution in [3.8, 4) is 11.4 Å². The molecule has 40 heavy (non-hydrogen) atoms. The van der Waals surface area contributed by atoms with E-state index in [-0.39, 0.29) is 12.0 Å². The van der Waals surface area contributed by atoms with E-state index in [1.54, 1.807) is 4.90 Å². The Bertz CT molecular complexity index is 1620. The predicted octanol–water partition coefficient (Wildman–Crippen LogP) is 5.01. The van der Waals surface area contributed by atoms with Crippen LogP contribution in [-0.2, 0) is 24.0 Å². The van der Waals surface area contributed by atoms with Crippen molar-refractivity contribution in [1.29, 1.82) is 0 Å². The van der Waals surface area contributed by atoms with Gasteiger partial charge in [0, 0.05) is 54.6 Å². The van der Waals surface area contributed by atoms with Gasteiger partial charge in [-0.25, -0.2) is 9.97 Å². The number of alkyl halides is 3. The van der Waals surface area contributed by atoms with Crippen LogP contribution in [0.2, 0.25) is 0 Å². The molecule has 6 rings (SSSR count). The quantitative estimate of drug-likeness (QED) is 0.356. The molecule has 2 aromatic carbocycles. The largest absolute Gasteiger partial charge is 0.416 e. The van der Waals surface area contributed by atoms with Crippen molar-refractivity contribution in [2.75, 3.05) is 31.1 Å². The molecule has 2 aromatic heterocycles. The van der Waals surface area contributed by atoms with Gasteiger partial charge in [-0.2, -0.15) is 18.3 Å². The monoisotopic (exact) mass is 550 g/mol. The predicted molar refractivity (Wildman–Crippen MR) is 144 cm³/mol. The summed E-state index contributed by atoms with van der Waals surface area (Å²) < 4.78 is 46.6. The second kappa shape index (κ2) is 9.97. The van der Waals surface area contributed by atoms with Gasteiger partial charge in [0.2, 0.25) is 0 Å². The van der Waals surface area contributed by atoms with Crippen LogP contribution < -0.4 is 4.90 Å². The molecular weight excluding hydrogens is 521 g/mol. The van der Waals surface area contributed by atoms with Gasteiger partial charge in [0.15, 0.2) is 5.82 Å². The molecule has 0 saturated carbocycles. The van der Waals surface area contributed by atoms with Crippen LogP contribution in [0.4, 0.5) is 18.9 Å². The van der Waals surface area contributed by atoms with Crippen LogP contribution in [0.1, 0.15) is 39.8 Å². The number of hydrogen-bond acceptors (Lipinski definition) is 6. The zero-order valence-electron chi connectivity index (χ0n) is 22.5. The van der Waals surface area contributed by atoms with Crippen molar-refractivity contribution in [2.45, 2.75) is 46.1 Å². The highest BCUT2D eigenvalue weighted by Crippen LogP contribution is 2.33. The Morgan fingerprint density at radius 3 is 2.65 bits per heavy atom. The topological polar surface area (TPSA) is 76.4 Å². The fraction of sp³-hybridized carbons (Fsp3) is 0.379. The average molecular weight is 551 g/mol. The van der Waals surface area contributed by atoms with Gasteiger partial charge < -0.3 is 9.64 Å². The lowest BCUT2D eigenvalue weighted by Gasteiger charge is -2.30. The van der Waals surface area contributed by atoms with E-state index in [0.29, 0.717) is 48.7 Å². The lowest BCUT2D eigenvalue weighted by atomic mass is 10.1. The summed E-state index contributed by atoms with van der Waals surface area (Å²) in [6.07, 6.45) is -2.84. The van der Waals surface area contributed by atoms with Crippen molar-refractivity contribution in [2.24, 2.45) is 0 Å². The van der Waals surface area contributed by atoms with Crippen LogP contribution in [0.3, 0.4) is 0 Å². The zero-order chi connectivity index (χ0) is 28.2. The van der Waals surface area contributed by atoms with Gasteiger partial charge in [0.1, 0.15) is 5.69 Å². The fourth-order valence-corrected chi connectivity index (χ4v) is 5.53. The number of amides is 1. The smallest absolute Gasteiger partial charge is 0.376 e. The van der Waals surface area contributed by atoms with Crippen LogP contribution in [0, 0.1) is 13.8 Å². The number of aromatic nitrogens is 4. The molecule has 1 fully saturated rings. The lowest BCUT2D eigenvalue weighted by Crippen LogP contribution is -2.41. The van der Waals surface area contributed by atoms with Gasteiger partial charge in [-0.15, -0.1) is 0 Å². The number of nitrogens with zero attached hydrogens (tertiary/aromatic N) is 6. The Morgan fingerprint density at radius 2 is 1.90 bits per heavy atom. The van der Waals surface area contributed by atoms with Gasteiger partial charge in [0.25, 0.3) is 5.91 Å². The summed E-state index contributed by atoms with van der Waals surface area (Å²) in [5.74, 6) is 0.319. The average Bonchev–Trinajstić information content (AvgIpc) is 3.23. The summed E-state index contributed by atoms with van der Waals surface area (Å²) in [4.78, 5) is 26.6. The lowest BCUT2D eigenvalue weighted by molar-refractivity contribution is -0.137. The molecule has 1 atom stereocenters. The van der Waals surface area contributed by atoms with Crippen LogP contribution >= 0.6 is 0 Å². The number of benzene rings is 2. The van der Waals surface area contributed by atoms with E-state index >= 15 is 0 Å². The van der Waals surface area contributed by atoms with Gasteiger partial charge >= 0.3 is 6.18 Å². The molecule has 208 valence electrons. The number of halogens is 3. The van der Waals surface area contributed by atoms with E-state index in [1.165, 1.54) is 12.3 Å². The fourth-order valence-electron chi connectivity index (χ4n) is 5.53. The van der Waals surface area contributed by atoms with Crippen molar-refractivity contribution in [3.63, 3.8) is 0 Å². The number of aryl methyl sites for hydroxylation is 1. The number of carbonyl (C=O) groups excluding carboxylic acids is 1. The second-order valence-electron chi connectivity index (χ2n) is 10.5. The van der Waals surface area contributed by atoms with Crippen LogP contribution in [0.5, 0.6) is 0 Å². The summed E-state index contributed by atoms with van der Waals surface area (Å²) in [5, 5.41) is 5.10. The van der Waals surface area contributed by atoms with Gasteiger partial charge in [0.05, 0.1) is 36.0 Å². The first-order valence-electron chi connectivity index (χ1n) is 13.3. The number of hydrogen-bond donors (Lipinski definition) is 0. The van der Waals surface area contributed by atoms with Crippen molar-refractivity contribution < 1.29 is 22.7 Å². The summed E-state index contributed by atoms with van der Waals surface area (Å²) >= 11 is 0. The minimum absolute atomic E-state index is 0.0869. The highest BCUT2D eigenvalue weighted by molar-refractivity contribution is 6.07. The number of rotatable bonds is 4. The zero-order valence-corrected chi connectivity index (χ0v) is 22.5. The Labute approximate surface area is 229 Å². The molecular formula is C29H29F3N6O2. The summed E-state index contributed by atoms with van der Waals surface area (Å²) in [7, 11) is 0. The van der Waals surface area contributed by atoms with E-state index in [9.17, 15) is 18.0 Å². The van der Waals surface area contributed by atoms with E-state index in [2.05, 4.69) is 21.8 Å². The molecule has 2 aliphatic heterocycles. The molecule has 0 unspecified atom stereocenters. The van der Waals surface area contributed by atoms with E-state index in [4.69, 9.17) is 9.84 Å². The van der Waals surface area contributed by atoms with Gasteiger partial charge in [-0.3, -0.25) is 14.4 Å². The molecule has 4 aromatic rings. The molecule has 0 radical (unpaired) electrons. The summed E-state index contributed by atoms with van der Waals surface area (Å²) in [6, 6.07) is 9.04. The molecule has 1 amide bonds. The minimum Gasteiger partial charge on any atom is -0.376 e. The maximum atomic E-state index is 13.7. The number of fused-ring (bicyclic) bond motifs is 2. The normalized spacial score (nSPS) is 18.4. The maximum absolute atomic E-state index is 13.7. The van der Waals surface area contributed by atoms with Crippen molar-refractivity contribution in [3.05, 3.63) is 70.7 Å². The van der Waals surface area contributed by atoms with Crippen LogP contribution in [0.15, 0.2) is 42.6 Å². The molecule has 0 bridgehead atoms. The number of anilines is 1. The maximum Gasteiger partial charge on any atom is 0.416 e. The first-order valence-corrected chi connectivity index (χ1v) is 13.3. The summed E-state index contributed by atoms with van der Waals surface area (Å²) in [5.41, 5.74) is 4.51.